The summed E-state index contributed by atoms with van der Waals surface area (Å²) in [6.07, 6.45) is 6.63. The van der Waals surface area contributed by atoms with Gasteiger partial charge in [0.2, 0.25) is 5.95 Å². The molecule has 3 aromatic rings. The van der Waals surface area contributed by atoms with Gasteiger partial charge in [0.15, 0.2) is 0 Å². The molecular formula is C20H26ClN7O. The van der Waals surface area contributed by atoms with E-state index in [0.29, 0.717) is 23.5 Å². The third-order valence-electron chi connectivity index (χ3n) is 4.49. The average Bonchev–Trinajstić information content (AvgIpc) is 3.27. The Bertz CT molecular complexity index is 886. The van der Waals surface area contributed by atoms with Crippen molar-refractivity contribution in [1.82, 2.24) is 24.8 Å². The second-order valence-electron chi connectivity index (χ2n) is 6.64. The molecule has 2 atom stereocenters. The summed E-state index contributed by atoms with van der Waals surface area (Å²) in [5.41, 5.74) is 7.57. The lowest BCUT2D eigenvalue weighted by atomic mass is 10.1. The number of hydrogen-bond donors (Lipinski definition) is 3. The van der Waals surface area contributed by atoms with E-state index in [4.69, 9.17) is 22.1 Å². The van der Waals surface area contributed by atoms with E-state index in [0.717, 1.165) is 24.2 Å². The molecule has 1 aromatic carbocycles. The molecule has 2 unspecified atom stereocenters. The third kappa shape index (κ3) is 5.90. The zero-order valence-corrected chi connectivity index (χ0v) is 17.3. The van der Waals surface area contributed by atoms with Crippen LogP contribution in [0.5, 0.6) is 5.75 Å². The zero-order chi connectivity index (χ0) is 20.6. The standard InChI is InChI=1S/C20H26ClN7O/c1-3-4-16(19(22)24-12-14-5-7-15(29-2)8-6-14)25-18-11-17(21)26-20(27-18)28-10-9-23-13-28/h5-11,13,16,19,24H,3-4,12,22H2,1-2H3,(H,25,26,27). The van der Waals surface area contributed by atoms with Crippen LogP contribution in [0.2, 0.25) is 5.15 Å². The highest BCUT2D eigenvalue weighted by Crippen LogP contribution is 2.17. The third-order valence-corrected chi connectivity index (χ3v) is 4.68. The Morgan fingerprint density at radius 1 is 1.24 bits per heavy atom. The van der Waals surface area contributed by atoms with Gasteiger partial charge in [-0.05, 0) is 24.1 Å². The fourth-order valence-electron chi connectivity index (χ4n) is 2.94. The van der Waals surface area contributed by atoms with Crippen LogP contribution in [0, 0.1) is 0 Å². The quantitative estimate of drug-likeness (QED) is 0.345. The first kappa shape index (κ1) is 21.0. The molecule has 154 valence electrons. The largest absolute Gasteiger partial charge is 0.497 e. The maximum Gasteiger partial charge on any atom is 0.238 e. The lowest BCUT2D eigenvalue weighted by molar-refractivity contribution is 0.414. The predicted molar refractivity (Wildman–Crippen MR) is 114 cm³/mol. The van der Waals surface area contributed by atoms with Gasteiger partial charge in [-0.2, -0.15) is 4.98 Å². The second-order valence-corrected chi connectivity index (χ2v) is 7.03. The Kier molecular flexibility index (Phi) is 7.40. The van der Waals surface area contributed by atoms with Crippen LogP contribution in [0.25, 0.3) is 5.95 Å². The molecule has 3 rings (SSSR count). The van der Waals surface area contributed by atoms with Crippen molar-refractivity contribution in [2.45, 2.75) is 38.5 Å². The normalized spacial score (nSPS) is 13.1. The number of imidazole rings is 1. The van der Waals surface area contributed by atoms with Gasteiger partial charge >= 0.3 is 0 Å². The van der Waals surface area contributed by atoms with Gasteiger partial charge < -0.3 is 15.8 Å². The maximum atomic E-state index is 6.44. The number of hydrogen-bond acceptors (Lipinski definition) is 7. The van der Waals surface area contributed by atoms with E-state index in [2.05, 4.69) is 32.5 Å². The van der Waals surface area contributed by atoms with Crippen LogP contribution in [-0.4, -0.2) is 38.8 Å². The average molecular weight is 416 g/mol. The van der Waals surface area contributed by atoms with E-state index < -0.39 is 0 Å². The monoisotopic (exact) mass is 415 g/mol. The fraction of sp³-hybridized carbons (Fsp3) is 0.350. The number of rotatable bonds is 10. The van der Waals surface area contributed by atoms with Crippen molar-refractivity contribution in [3.05, 3.63) is 59.8 Å². The highest BCUT2D eigenvalue weighted by atomic mass is 35.5. The van der Waals surface area contributed by atoms with Gasteiger partial charge in [-0.15, -0.1) is 0 Å². The first-order valence-electron chi connectivity index (χ1n) is 9.50. The molecule has 0 radical (unpaired) electrons. The minimum Gasteiger partial charge on any atom is -0.497 e. The molecule has 29 heavy (non-hydrogen) atoms. The van der Waals surface area contributed by atoms with Crippen LogP contribution in [0.3, 0.4) is 0 Å². The maximum absolute atomic E-state index is 6.44. The number of nitrogens with one attached hydrogen (secondary N) is 2. The zero-order valence-electron chi connectivity index (χ0n) is 16.5. The van der Waals surface area contributed by atoms with Gasteiger partial charge in [0, 0.05) is 25.0 Å². The molecule has 0 aliphatic carbocycles. The van der Waals surface area contributed by atoms with Gasteiger partial charge in [-0.1, -0.05) is 37.1 Å². The van der Waals surface area contributed by atoms with Gasteiger partial charge in [0.25, 0.3) is 0 Å². The molecule has 0 amide bonds. The summed E-state index contributed by atoms with van der Waals surface area (Å²) < 4.78 is 6.90. The van der Waals surface area contributed by atoms with Crippen molar-refractivity contribution < 1.29 is 4.74 Å². The molecule has 4 N–H and O–H groups in total. The lowest BCUT2D eigenvalue weighted by Crippen LogP contribution is -2.50. The number of methoxy groups -OCH3 is 1. The Hall–Kier alpha value is -2.68. The highest BCUT2D eigenvalue weighted by molar-refractivity contribution is 6.29. The van der Waals surface area contributed by atoms with Gasteiger partial charge in [0.1, 0.15) is 23.0 Å². The van der Waals surface area contributed by atoms with Gasteiger partial charge in [-0.25, -0.2) is 9.97 Å². The molecule has 2 heterocycles. The minimum atomic E-state index is -0.275. The van der Waals surface area contributed by atoms with E-state index in [9.17, 15) is 0 Å². The van der Waals surface area contributed by atoms with Crippen molar-refractivity contribution in [3.63, 3.8) is 0 Å². The van der Waals surface area contributed by atoms with Crippen molar-refractivity contribution >= 4 is 17.4 Å². The van der Waals surface area contributed by atoms with E-state index in [1.54, 1.807) is 36.5 Å². The predicted octanol–water partition coefficient (Wildman–Crippen LogP) is 2.98. The summed E-state index contributed by atoms with van der Waals surface area (Å²) in [5.74, 6) is 1.90. The van der Waals surface area contributed by atoms with Crippen LogP contribution in [0.4, 0.5) is 5.82 Å². The summed E-state index contributed by atoms with van der Waals surface area (Å²) in [4.78, 5) is 12.8. The van der Waals surface area contributed by atoms with Crippen molar-refractivity contribution in [1.29, 1.82) is 0 Å². The van der Waals surface area contributed by atoms with Crippen LogP contribution >= 0.6 is 11.6 Å². The molecule has 0 bridgehead atoms. The van der Waals surface area contributed by atoms with Crippen LogP contribution < -0.4 is 21.1 Å². The Balaban J connectivity index is 1.67. The number of nitrogens with zero attached hydrogens (tertiary/aromatic N) is 4. The molecule has 8 nitrogen and oxygen atoms in total. The molecule has 0 spiro atoms. The van der Waals surface area contributed by atoms with Gasteiger partial charge in [-0.3, -0.25) is 9.88 Å². The molecule has 0 saturated heterocycles. The van der Waals surface area contributed by atoms with Crippen LogP contribution in [0.1, 0.15) is 25.3 Å². The number of nitrogens with two attached hydrogens (primary N) is 1. The van der Waals surface area contributed by atoms with E-state index in [1.165, 1.54) is 0 Å². The summed E-state index contributed by atoms with van der Waals surface area (Å²) in [5, 5.41) is 7.13. The van der Waals surface area contributed by atoms with E-state index in [1.807, 2.05) is 24.3 Å². The SMILES string of the molecule is CCCC(Nc1cc(Cl)nc(-n2ccnc2)n1)C(N)NCc1ccc(OC)cc1. The Morgan fingerprint density at radius 3 is 2.69 bits per heavy atom. The molecule has 0 aliphatic heterocycles. The highest BCUT2D eigenvalue weighted by Gasteiger charge is 2.18. The first-order chi connectivity index (χ1) is 14.1. The Labute approximate surface area is 175 Å². The van der Waals surface area contributed by atoms with E-state index >= 15 is 0 Å². The summed E-state index contributed by atoms with van der Waals surface area (Å²) in [6, 6.07) is 9.57. The molecule has 0 aliphatic rings. The van der Waals surface area contributed by atoms with Crippen molar-refractivity contribution in [2.75, 3.05) is 12.4 Å². The number of aromatic nitrogens is 4. The smallest absolute Gasteiger partial charge is 0.238 e. The van der Waals surface area contributed by atoms with Crippen LogP contribution in [-0.2, 0) is 6.54 Å². The molecule has 9 heteroatoms. The van der Waals surface area contributed by atoms with E-state index in [-0.39, 0.29) is 12.2 Å². The second kappa shape index (κ2) is 10.2. The van der Waals surface area contributed by atoms with Crippen molar-refractivity contribution in [2.24, 2.45) is 5.73 Å². The van der Waals surface area contributed by atoms with Gasteiger partial charge in [0.05, 0.1) is 19.3 Å². The molecule has 0 saturated carbocycles. The summed E-state index contributed by atoms with van der Waals surface area (Å²) in [6.45, 7) is 2.77. The molecule has 2 aromatic heterocycles. The first-order valence-corrected chi connectivity index (χ1v) is 9.88. The Morgan fingerprint density at radius 2 is 2.03 bits per heavy atom. The van der Waals surface area contributed by atoms with Crippen LogP contribution in [0.15, 0.2) is 49.1 Å². The topological polar surface area (TPSA) is 103 Å². The fourth-order valence-corrected chi connectivity index (χ4v) is 3.12. The summed E-state index contributed by atoms with van der Waals surface area (Å²) in [7, 11) is 1.65. The number of anilines is 1. The number of ether oxygens (including phenoxy) is 1. The van der Waals surface area contributed by atoms with Crippen molar-refractivity contribution in [3.8, 4) is 11.7 Å². The minimum absolute atomic E-state index is 0.0279. The molecular weight excluding hydrogens is 390 g/mol. The molecule has 0 fully saturated rings. The lowest BCUT2D eigenvalue weighted by Gasteiger charge is -2.26. The number of halogens is 1. The number of benzene rings is 1. The summed E-state index contributed by atoms with van der Waals surface area (Å²) >= 11 is 6.19.